The molecule has 1 aromatic carbocycles. The molecule has 1 aliphatic carbocycles. The first kappa shape index (κ1) is 16.5. The van der Waals surface area contributed by atoms with Crippen molar-refractivity contribution in [1.82, 2.24) is 10.7 Å². The normalized spacial score (nSPS) is 15.5. The number of thiocarbonyl (C=S) groups is 1. The second kappa shape index (κ2) is 8.58. The highest BCUT2D eigenvalue weighted by Crippen LogP contribution is 2.23. The highest BCUT2D eigenvalue weighted by molar-refractivity contribution is 7.80. The lowest BCUT2D eigenvalue weighted by atomic mass is 9.96. The number of benzene rings is 1. The van der Waals surface area contributed by atoms with Crippen molar-refractivity contribution in [3.63, 3.8) is 0 Å². The summed E-state index contributed by atoms with van der Waals surface area (Å²) >= 11 is 5.26. The smallest absolute Gasteiger partial charge is 0.187 e. The summed E-state index contributed by atoms with van der Waals surface area (Å²) in [6.45, 7) is 0. The van der Waals surface area contributed by atoms with E-state index in [2.05, 4.69) is 15.8 Å². The van der Waals surface area contributed by atoms with E-state index in [0.29, 0.717) is 16.9 Å². The first-order valence-electron chi connectivity index (χ1n) is 7.54. The number of hydrogen-bond acceptors (Lipinski definition) is 4. The van der Waals surface area contributed by atoms with Gasteiger partial charge in [0.15, 0.2) is 5.11 Å². The van der Waals surface area contributed by atoms with Gasteiger partial charge in [0.1, 0.15) is 11.5 Å². The van der Waals surface area contributed by atoms with Gasteiger partial charge in [0.05, 0.1) is 20.4 Å². The molecule has 6 heteroatoms. The summed E-state index contributed by atoms with van der Waals surface area (Å²) in [5.74, 6) is 1.45. The van der Waals surface area contributed by atoms with E-state index in [-0.39, 0.29) is 0 Å². The lowest BCUT2D eigenvalue weighted by Gasteiger charge is -2.23. The predicted octanol–water partition coefficient (Wildman–Crippen LogP) is 2.83. The van der Waals surface area contributed by atoms with Crippen LogP contribution in [0.5, 0.6) is 11.5 Å². The van der Waals surface area contributed by atoms with Gasteiger partial charge in [-0.05, 0) is 37.2 Å². The predicted molar refractivity (Wildman–Crippen MR) is 92.9 cm³/mol. The Hall–Kier alpha value is -1.82. The van der Waals surface area contributed by atoms with Crippen LogP contribution >= 0.6 is 12.2 Å². The van der Waals surface area contributed by atoms with Gasteiger partial charge in [-0.2, -0.15) is 5.10 Å². The second-order valence-corrected chi connectivity index (χ2v) is 5.69. The molecule has 0 aliphatic heterocycles. The van der Waals surface area contributed by atoms with Gasteiger partial charge in [0.25, 0.3) is 0 Å². The van der Waals surface area contributed by atoms with Crippen LogP contribution in [0.2, 0.25) is 0 Å². The summed E-state index contributed by atoms with van der Waals surface area (Å²) < 4.78 is 10.5. The van der Waals surface area contributed by atoms with E-state index in [0.717, 1.165) is 11.3 Å². The number of hydrazone groups is 1. The Bertz CT molecular complexity index is 528. The maximum absolute atomic E-state index is 5.32. The average molecular weight is 321 g/mol. The second-order valence-electron chi connectivity index (χ2n) is 5.29. The van der Waals surface area contributed by atoms with Gasteiger partial charge in [-0.25, -0.2) is 0 Å². The quantitative estimate of drug-likeness (QED) is 0.496. The summed E-state index contributed by atoms with van der Waals surface area (Å²) in [6.07, 6.45) is 7.91. The third-order valence-electron chi connectivity index (χ3n) is 3.75. The minimum Gasteiger partial charge on any atom is -0.497 e. The van der Waals surface area contributed by atoms with E-state index in [1.165, 1.54) is 32.1 Å². The lowest BCUT2D eigenvalue weighted by molar-refractivity contribution is 0.394. The van der Waals surface area contributed by atoms with Gasteiger partial charge in [0, 0.05) is 17.7 Å². The van der Waals surface area contributed by atoms with Crippen molar-refractivity contribution in [2.75, 3.05) is 14.2 Å². The Balaban J connectivity index is 1.87. The van der Waals surface area contributed by atoms with Gasteiger partial charge in [-0.3, -0.25) is 5.43 Å². The Morgan fingerprint density at radius 1 is 1.23 bits per heavy atom. The summed E-state index contributed by atoms with van der Waals surface area (Å²) in [5.41, 5.74) is 3.72. The first-order chi connectivity index (χ1) is 10.7. The highest BCUT2D eigenvalue weighted by atomic mass is 32.1. The molecule has 0 spiro atoms. The van der Waals surface area contributed by atoms with Crippen LogP contribution in [0.1, 0.15) is 37.7 Å². The van der Waals surface area contributed by atoms with E-state index < -0.39 is 0 Å². The van der Waals surface area contributed by atoms with Crippen molar-refractivity contribution < 1.29 is 9.47 Å². The molecule has 120 valence electrons. The van der Waals surface area contributed by atoms with Crippen LogP contribution < -0.4 is 20.2 Å². The maximum atomic E-state index is 5.32. The molecule has 0 amide bonds. The van der Waals surface area contributed by atoms with Gasteiger partial charge >= 0.3 is 0 Å². The average Bonchev–Trinajstić information content (AvgIpc) is 2.56. The standard InChI is InChI=1S/C16H23N3O2S/c1-20-14-9-8-12(15(10-14)21-2)11-17-19-16(22)18-13-6-4-3-5-7-13/h8-11,13H,3-7H2,1-2H3,(H2,18,19,22). The number of rotatable bonds is 5. The third-order valence-corrected chi connectivity index (χ3v) is 3.96. The molecule has 1 saturated carbocycles. The van der Waals surface area contributed by atoms with Gasteiger partial charge in [-0.15, -0.1) is 0 Å². The molecule has 0 heterocycles. The van der Waals surface area contributed by atoms with Crippen LogP contribution in [0.4, 0.5) is 0 Å². The molecule has 0 unspecified atom stereocenters. The topological polar surface area (TPSA) is 54.9 Å². The fourth-order valence-corrected chi connectivity index (χ4v) is 2.77. The number of hydrogen-bond donors (Lipinski definition) is 2. The van der Waals surface area contributed by atoms with Crippen molar-refractivity contribution in [3.8, 4) is 11.5 Å². The zero-order chi connectivity index (χ0) is 15.8. The Morgan fingerprint density at radius 2 is 2.00 bits per heavy atom. The number of nitrogens with one attached hydrogen (secondary N) is 2. The summed E-state index contributed by atoms with van der Waals surface area (Å²) in [7, 11) is 3.24. The Labute approximate surface area is 137 Å². The molecule has 2 rings (SSSR count). The van der Waals surface area contributed by atoms with Crippen molar-refractivity contribution in [2.45, 2.75) is 38.1 Å². The molecule has 0 saturated heterocycles. The number of ether oxygens (including phenoxy) is 2. The van der Waals surface area contributed by atoms with Crippen molar-refractivity contribution in [3.05, 3.63) is 23.8 Å². The van der Waals surface area contributed by atoms with Gasteiger partial charge in [0.2, 0.25) is 0 Å². The fourth-order valence-electron chi connectivity index (χ4n) is 2.55. The SMILES string of the molecule is COc1ccc(C=NNC(=S)NC2CCCCC2)c(OC)c1. The molecule has 5 nitrogen and oxygen atoms in total. The van der Waals surface area contributed by atoms with Crippen LogP contribution in [-0.4, -0.2) is 31.6 Å². The molecule has 0 bridgehead atoms. The van der Waals surface area contributed by atoms with E-state index in [1.807, 2.05) is 18.2 Å². The first-order valence-corrected chi connectivity index (χ1v) is 7.95. The fraction of sp³-hybridized carbons (Fsp3) is 0.500. The zero-order valence-corrected chi connectivity index (χ0v) is 13.9. The summed E-state index contributed by atoms with van der Waals surface area (Å²) in [5, 5.41) is 8.04. The molecule has 22 heavy (non-hydrogen) atoms. The van der Waals surface area contributed by atoms with Crippen LogP contribution in [-0.2, 0) is 0 Å². The van der Waals surface area contributed by atoms with E-state index >= 15 is 0 Å². The third kappa shape index (κ3) is 4.87. The monoisotopic (exact) mass is 321 g/mol. The van der Waals surface area contributed by atoms with Crippen LogP contribution in [0.25, 0.3) is 0 Å². The molecular weight excluding hydrogens is 298 g/mol. The largest absolute Gasteiger partial charge is 0.497 e. The summed E-state index contributed by atoms with van der Waals surface area (Å²) in [4.78, 5) is 0. The molecule has 2 N–H and O–H groups in total. The van der Waals surface area contributed by atoms with Gasteiger partial charge in [-0.1, -0.05) is 19.3 Å². The van der Waals surface area contributed by atoms with Crippen molar-refractivity contribution in [1.29, 1.82) is 0 Å². The Kier molecular flexibility index (Phi) is 6.45. The minimum absolute atomic E-state index is 0.472. The van der Waals surface area contributed by atoms with Crippen molar-refractivity contribution >= 4 is 23.5 Å². The van der Waals surface area contributed by atoms with E-state index in [4.69, 9.17) is 21.7 Å². The molecule has 1 aliphatic rings. The molecule has 1 fully saturated rings. The van der Waals surface area contributed by atoms with E-state index in [9.17, 15) is 0 Å². The molecule has 0 aromatic heterocycles. The zero-order valence-electron chi connectivity index (χ0n) is 13.1. The van der Waals surface area contributed by atoms with Crippen LogP contribution in [0.3, 0.4) is 0 Å². The summed E-state index contributed by atoms with van der Waals surface area (Å²) in [6, 6.07) is 6.04. The molecule has 0 atom stereocenters. The minimum atomic E-state index is 0.472. The molecule has 1 aromatic rings. The number of nitrogens with zero attached hydrogens (tertiary/aromatic N) is 1. The van der Waals surface area contributed by atoms with Crippen LogP contribution in [0.15, 0.2) is 23.3 Å². The highest BCUT2D eigenvalue weighted by Gasteiger charge is 2.13. The van der Waals surface area contributed by atoms with Crippen LogP contribution in [0, 0.1) is 0 Å². The lowest BCUT2D eigenvalue weighted by Crippen LogP contribution is -2.40. The van der Waals surface area contributed by atoms with E-state index in [1.54, 1.807) is 20.4 Å². The molecular formula is C16H23N3O2S. The maximum Gasteiger partial charge on any atom is 0.187 e. The molecule has 0 radical (unpaired) electrons. The number of methoxy groups -OCH3 is 2. The Morgan fingerprint density at radius 3 is 2.68 bits per heavy atom. The van der Waals surface area contributed by atoms with Gasteiger partial charge < -0.3 is 14.8 Å². The van der Waals surface area contributed by atoms with Crippen molar-refractivity contribution in [2.24, 2.45) is 5.10 Å².